The highest BCUT2D eigenvalue weighted by molar-refractivity contribution is 6.33. The van der Waals surface area contributed by atoms with Gasteiger partial charge in [-0.2, -0.15) is 5.10 Å². The standard InChI is InChI=1S/C20H21ClN4O2/c21-17-14-25(12-15-6-2-1-3-7-15)23-19(17)22-20(26)18-9-8-16(27-18)13-24-10-4-5-11-24/h1-3,6-9,14H,4-5,10-13H2,(H,22,23,26). The van der Waals surface area contributed by atoms with Gasteiger partial charge in [0.05, 0.1) is 13.1 Å². The van der Waals surface area contributed by atoms with E-state index in [1.165, 1.54) is 12.8 Å². The summed E-state index contributed by atoms with van der Waals surface area (Å²) in [7, 11) is 0. The van der Waals surface area contributed by atoms with Gasteiger partial charge >= 0.3 is 0 Å². The van der Waals surface area contributed by atoms with Gasteiger partial charge in [-0.15, -0.1) is 0 Å². The molecule has 0 atom stereocenters. The van der Waals surface area contributed by atoms with E-state index in [2.05, 4.69) is 15.3 Å². The first kappa shape index (κ1) is 17.8. The summed E-state index contributed by atoms with van der Waals surface area (Å²) in [5, 5.41) is 7.48. The van der Waals surface area contributed by atoms with Crippen LogP contribution in [-0.2, 0) is 13.1 Å². The van der Waals surface area contributed by atoms with E-state index in [0.717, 1.165) is 31.0 Å². The van der Waals surface area contributed by atoms with Gasteiger partial charge in [0.25, 0.3) is 5.91 Å². The molecule has 0 spiro atoms. The molecule has 0 bridgehead atoms. The predicted molar refractivity (Wildman–Crippen MR) is 104 cm³/mol. The van der Waals surface area contributed by atoms with Crippen LogP contribution in [-0.4, -0.2) is 33.7 Å². The van der Waals surface area contributed by atoms with Crippen LogP contribution in [0.3, 0.4) is 0 Å². The minimum Gasteiger partial charge on any atom is -0.455 e. The number of benzene rings is 1. The summed E-state index contributed by atoms with van der Waals surface area (Å²) < 4.78 is 7.39. The average molecular weight is 385 g/mol. The Morgan fingerprint density at radius 2 is 1.89 bits per heavy atom. The average Bonchev–Trinajstić information content (AvgIpc) is 3.40. The van der Waals surface area contributed by atoms with Crippen LogP contribution in [0.25, 0.3) is 0 Å². The maximum absolute atomic E-state index is 12.5. The largest absolute Gasteiger partial charge is 0.455 e. The first-order chi connectivity index (χ1) is 13.2. The zero-order valence-corrected chi connectivity index (χ0v) is 15.7. The second-order valence-electron chi connectivity index (χ2n) is 6.71. The lowest BCUT2D eigenvalue weighted by Gasteiger charge is -2.11. The number of hydrogen-bond acceptors (Lipinski definition) is 4. The van der Waals surface area contributed by atoms with Crippen molar-refractivity contribution in [2.24, 2.45) is 0 Å². The number of carbonyl (C=O) groups is 1. The topological polar surface area (TPSA) is 63.3 Å². The van der Waals surface area contributed by atoms with Gasteiger partial charge in [0.1, 0.15) is 10.8 Å². The third-order valence-electron chi connectivity index (χ3n) is 4.60. The highest BCUT2D eigenvalue weighted by Crippen LogP contribution is 2.22. The molecular weight excluding hydrogens is 364 g/mol. The Kier molecular flexibility index (Phi) is 5.27. The van der Waals surface area contributed by atoms with Crippen molar-refractivity contribution in [3.63, 3.8) is 0 Å². The maximum Gasteiger partial charge on any atom is 0.292 e. The molecule has 1 amide bonds. The molecule has 1 aliphatic heterocycles. The van der Waals surface area contributed by atoms with Crippen molar-refractivity contribution in [3.8, 4) is 0 Å². The number of aromatic nitrogens is 2. The van der Waals surface area contributed by atoms with Crippen LogP contribution >= 0.6 is 11.6 Å². The van der Waals surface area contributed by atoms with E-state index >= 15 is 0 Å². The van der Waals surface area contributed by atoms with Gasteiger partial charge in [0, 0.05) is 6.20 Å². The molecule has 0 unspecified atom stereocenters. The van der Waals surface area contributed by atoms with Crippen LogP contribution in [0.5, 0.6) is 0 Å². The number of carbonyl (C=O) groups excluding carboxylic acids is 1. The smallest absolute Gasteiger partial charge is 0.292 e. The van der Waals surface area contributed by atoms with E-state index in [9.17, 15) is 4.79 Å². The predicted octanol–water partition coefficient (Wildman–Crippen LogP) is 4.03. The van der Waals surface area contributed by atoms with Crippen LogP contribution in [0.15, 0.2) is 53.1 Å². The lowest BCUT2D eigenvalue weighted by molar-refractivity contribution is 0.0993. The van der Waals surface area contributed by atoms with Crippen molar-refractivity contribution in [1.29, 1.82) is 0 Å². The van der Waals surface area contributed by atoms with E-state index in [1.807, 2.05) is 36.4 Å². The molecule has 1 fully saturated rings. The Bertz CT molecular complexity index is 913. The Labute approximate surface area is 162 Å². The number of nitrogens with zero attached hydrogens (tertiary/aromatic N) is 3. The van der Waals surface area contributed by atoms with Crippen LogP contribution in [0.1, 0.15) is 34.7 Å². The quantitative estimate of drug-likeness (QED) is 0.697. The molecule has 4 rings (SSSR count). The Hall–Kier alpha value is -2.57. The van der Waals surface area contributed by atoms with E-state index in [1.54, 1.807) is 16.9 Å². The van der Waals surface area contributed by atoms with E-state index < -0.39 is 0 Å². The number of hydrogen-bond donors (Lipinski definition) is 1. The number of furan rings is 1. The molecule has 1 N–H and O–H groups in total. The first-order valence-corrected chi connectivity index (χ1v) is 9.44. The molecule has 1 aliphatic rings. The summed E-state index contributed by atoms with van der Waals surface area (Å²) in [6, 6.07) is 13.5. The number of rotatable bonds is 6. The third kappa shape index (κ3) is 4.40. The van der Waals surface area contributed by atoms with Crippen LogP contribution in [0.2, 0.25) is 5.02 Å². The van der Waals surface area contributed by atoms with E-state index in [4.69, 9.17) is 16.0 Å². The fraction of sp³-hybridized carbons (Fsp3) is 0.300. The summed E-state index contributed by atoms with van der Waals surface area (Å²) in [4.78, 5) is 14.8. The minimum absolute atomic E-state index is 0.262. The van der Waals surface area contributed by atoms with Crippen molar-refractivity contribution in [3.05, 3.63) is 70.8 Å². The zero-order chi connectivity index (χ0) is 18.6. The SMILES string of the molecule is O=C(Nc1nn(Cc2ccccc2)cc1Cl)c1ccc(CN2CCCC2)o1. The number of halogens is 1. The van der Waals surface area contributed by atoms with E-state index in [-0.39, 0.29) is 11.7 Å². The summed E-state index contributed by atoms with van der Waals surface area (Å²) in [5.74, 6) is 1.03. The number of amides is 1. The van der Waals surface area contributed by atoms with Gasteiger partial charge in [-0.1, -0.05) is 41.9 Å². The number of anilines is 1. The molecule has 0 saturated carbocycles. The molecule has 0 aliphatic carbocycles. The van der Waals surface area contributed by atoms with Crippen molar-refractivity contribution in [1.82, 2.24) is 14.7 Å². The van der Waals surface area contributed by atoms with Crippen LogP contribution < -0.4 is 5.32 Å². The van der Waals surface area contributed by atoms with Crippen molar-refractivity contribution < 1.29 is 9.21 Å². The molecule has 7 heteroatoms. The fourth-order valence-electron chi connectivity index (χ4n) is 3.25. The van der Waals surface area contributed by atoms with E-state index in [0.29, 0.717) is 17.4 Å². The second kappa shape index (κ2) is 7.98. The van der Waals surface area contributed by atoms with Crippen molar-refractivity contribution >= 4 is 23.3 Å². The summed E-state index contributed by atoms with van der Waals surface area (Å²) in [5.41, 5.74) is 1.10. The van der Waals surface area contributed by atoms with Gasteiger partial charge in [0.15, 0.2) is 11.6 Å². The molecule has 2 aromatic heterocycles. The Morgan fingerprint density at radius 3 is 2.67 bits per heavy atom. The number of nitrogens with one attached hydrogen (secondary N) is 1. The number of likely N-dealkylation sites (tertiary alicyclic amines) is 1. The Morgan fingerprint density at radius 1 is 1.11 bits per heavy atom. The third-order valence-corrected chi connectivity index (χ3v) is 4.88. The van der Waals surface area contributed by atoms with Crippen LogP contribution in [0.4, 0.5) is 5.82 Å². The van der Waals surface area contributed by atoms with Gasteiger partial charge in [-0.25, -0.2) is 0 Å². The van der Waals surface area contributed by atoms with Crippen LogP contribution in [0, 0.1) is 0 Å². The van der Waals surface area contributed by atoms with Gasteiger partial charge in [0.2, 0.25) is 0 Å². The molecule has 3 aromatic rings. The normalized spacial score (nSPS) is 14.6. The lowest BCUT2D eigenvalue weighted by atomic mass is 10.2. The van der Waals surface area contributed by atoms with Crippen molar-refractivity contribution in [2.75, 3.05) is 18.4 Å². The summed E-state index contributed by atoms with van der Waals surface area (Å²) in [6.07, 6.45) is 4.14. The summed E-state index contributed by atoms with van der Waals surface area (Å²) in [6.45, 7) is 3.48. The highest BCUT2D eigenvalue weighted by Gasteiger charge is 2.18. The second-order valence-corrected chi connectivity index (χ2v) is 7.12. The molecule has 3 heterocycles. The first-order valence-electron chi connectivity index (χ1n) is 9.07. The molecular formula is C20H21ClN4O2. The molecule has 0 radical (unpaired) electrons. The lowest BCUT2D eigenvalue weighted by Crippen LogP contribution is -2.18. The van der Waals surface area contributed by atoms with Gasteiger partial charge < -0.3 is 9.73 Å². The van der Waals surface area contributed by atoms with Gasteiger partial charge in [-0.3, -0.25) is 14.4 Å². The highest BCUT2D eigenvalue weighted by atomic mass is 35.5. The monoisotopic (exact) mass is 384 g/mol. The Balaban J connectivity index is 1.40. The van der Waals surface area contributed by atoms with Crippen molar-refractivity contribution in [2.45, 2.75) is 25.9 Å². The fourth-order valence-corrected chi connectivity index (χ4v) is 3.45. The van der Waals surface area contributed by atoms with Gasteiger partial charge in [-0.05, 0) is 43.6 Å². The maximum atomic E-state index is 12.5. The minimum atomic E-state index is -0.352. The zero-order valence-electron chi connectivity index (χ0n) is 14.9. The molecule has 27 heavy (non-hydrogen) atoms. The molecule has 140 valence electrons. The summed E-state index contributed by atoms with van der Waals surface area (Å²) >= 11 is 6.23. The molecule has 1 saturated heterocycles. The molecule has 6 nitrogen and oxygen atoms in total. The molecule has 1 aromatic carbocycles.